The zero-order chi connectivity index (χ0) is 10.1. The van der Waals surface area contributed by atoms with Crippen molar-refractivity contribution in [2.45, 2.75) is 6.54 Å². The molecule has 0 aliphatic heterocycles. The van der Waals surface area contributed by atoms with E-state index in [0.717, 1.165) is 5.69 Å². The Balaban J connectivity index is 0.000000424. The van der Waals surface area contributed by atoms with Gasteiger partial charge in [-0.2, -0.15) is 0 Å². The molecule has 0 saturated carbocycles. The first-order valence-electron chi connectivity index (χ1n) is 3.87. The van der Waals surface area contributed by atoms with E-state index >= 15 is 0 Å². The van der Waals surface area contributed by atoms with Crippen LogP contribution >= 0.6 is 18.1 Å². The molecule has 70 valence electrons. The van der Waals surface area contributed by atoms with Crippen LogP contribution < -0.4 is 11.1 Å². The predicted molar refractivity (Wildman–Crippen MR) is 61.3 cm³/mol. The third kappa shape index (κ3) is 6.40. The number of anilines is 1. The van der Waals surface area contributed by atoms with Crippen LogP contribution in [-0.2, 0) is 6.54 Å². The smallest absolute Gasteiger partial charge is 0.388 e. The van der Waals surface area contributed by atoms with E-state index in [1.807, 2.05) is 31.3 Å². The van der Waals surface area contributed by atoms with E-state index in [2.05, 4.69) is 5.32 Å². The number of hydrogen-bond acceptors (Lipinski definition) is 2. The maximum absolute atomic E-state index is 5.42. The third-order valence-electron chi connectivity index (χ3n) is 1.48. The summed E-state index contributed by atoms with van der Waals surface area (Å²) < 4.78 is 0. The van der Waals surface area contributed by atoms with Crippen molar-refractivity contribution < 1.29 is 0 Å². The summed E-state index contributed by atoms with van der Waals surface area (Å²) in [5, 5.41) is 3.04. The van der Waals surface area contributed by atoms with Crippen molar-refractivity contribution in [2.75, 3.05) is 12.4 Å². The minimum Gasteiger partial charge on any atom is -0.388 e. The topological polar surface area (TPSA) is 38.0 Å². The molecule has 3 N–H and O–H groups in total. The minimum atomic E-state index is -0.639. The highest BCUT2D eigenvalue weighted by Crippen LogP contribution is 2.06. The molecule has 13 heavy (non-hydrogen) atoms. The molecule has 5 heteroatoms. The Morgan fingerprint density at radius 2 is 1.77 bits per heavy atom. The molecule has 1 rings (SSSR count). The molecule has 2 nitrogen and oxygen atoms in total. The van der Waals surface area contributed by atoms with Crippen LogP contribution in [0.5, 0.6) is 0 Å². The Morgan fingerprint density at radius 3 is 2.08 bits per heavy atom. The number of hydrogen-bond donors (Lipinski definition) is 2. The van der Waals surface area contributed by atoms with Crippen molar-refractivity contribution >= 4 is 42.0 Å². The van der Waals surface area contributed by atoms with Crippen molar-refractivity contribution in [2.24, 2.45) is 5.73 Å². The fourth-order valence-electron chi connectivity index (χ4n) is 0.807. The van der Waals surface area contributed by atoms with E-state index in [-0.39, 0.29) is 0 Å². The molecular weight excluding hydrogens is 219 g/mol. The lowest BCUT2D eigenvalue weighted by Gasteiger charge is -1.99. The Hall–Kier alpha value is 0.326. The lowest BCUT2D eigenvalue weighted by molar-refractivity contribution is 1.07. The van der Waals surface area contributed by atoms with Gasteiger partial charge in [0.25, 0.3) is 0 Å². The predicted octanol–water partition coefficient (Wildman–Crippen LogP) is 2.19. The molecule has 1 aromatic rings. The highest BCUT2D eigenvalue weighted by molar-refractivity contribution is 7.22. The van der Waals surface area contributed by atoms with Crippen molar-refractivity contribution in [3.05, 3.63) is 29.8 Å². The number of halogens is 2. The van der Waals surface area contributed by atoms with Gasteiger partial charge in [-0.05, 0) is 17.7 Å². The van der Waals surface area contributed by atoms with Crippen LogP contribution in [0.4, 0.5) is 5.69 Å². The van der Waals surface area contributed by atoms with Gasteiger partial charge in [-0.25, -0.2) is 0 Å². The van der Waals surface area contributed by atoms with E-state index in [0.29, 0.717) is 6.54 Å². The van der Waals surface area contributed by atoms with Crippen LogP contribution in [0, 0.1) is 0 Å². The van der Waals surface area contributed by atoms with Gasteiger partial charge >= 0.3 is 18.2 Å². The molecule has 0 amide bonds. The van der Waals surface area contributed by atoms with Gasteiger partial charge in [0.15, 0.2) is 0 Å². The molecule has 0 radical (unpaired) electrons. The first-order chi connectivity index (χ1) is 6.28. The molecule has 0 aromatic heterocycles. The van der Waals surface area contributed by atoms with Gasteiger partial charge in [-0.1, -0.05) is 12.1 Å². The van der Waals surface area contributed by atoms with Crippen molar-refractivity contribution in [3.63, 3.8) is 0 Å². The van der Waals surface area contributed by atoms with E-state index in [9.17, 15) is 0 Å². The van der Waals surface area contributed by atoms with Crippen molar-refractivity contribution in [1.29, 1.82) is 0 Å². The summed E-state index contributed by atoms with van der Waals surface area (Å²) in [6, 6.07) is 8.07. The van der Waals surface area contributed by atoms with E-state index in [1.54, 1.807) is 0 Å². The highest BCUT2D eigenvalue weighted by Gasteiger charge is 1.87. The van der Waals surface area contributed by atoms with Gasteiger partial charge in [-0.15, -0.1) is 0 Å². The van der Waals surface area contributed by atoms with Crippen LogP contribution in [0.3, 0.4) is 0 Å². The van der Waals surface area contributed by atoms with Crippen LogP contribution in [0.1, 0.15) is 5.56 Å². The van der Waals surface area contributed by atoms with Crippen molar-refractivity contribution in [1.82, 2.24) is 0 Å². The van der Waals surface area contributed by atoms with Gasteiger partial charge in [-0.3, -0.25) is 0 Å². The van der Waals surface area contributed by atoms with Crippen LogP contribution in [0.25, 0.3) is 0 Å². The molecule has 0 aliphatic rings. The highest BCUT2D eigenvalue weighted by atomic mass is 35.6. The Bertz CT molecular complexity index is 193. The number of nitrogens with one attached hydrogen (secondary N) is 1. The minimum absolute atomic E-state index is 0.615. The zero-order valence-electron chi connectivity index (χ0n) is 7.56. The van der Waals surface area contributed by atoms with Crippen LogP contribution in [0.2, 0.25) is 0 Å². The second-order valence-electron chi connectivity index (χ2n) is 2.25. The summed E-state index contributed by atoms with van der Waals surface area (Å²) in [7, 11) is 11.7. The second kappa shape index (κ2) is 8.90. The van der Waals surface area contributed by atoms with E-state index in [1.165, 1.54) is 5.56 Å². The molecule has 0 saturated heterocycles. The van der Waals surface area contributed by atoms with Gasteiger partial charge in [0, 0.05) is 19.3 Å². The second-order valence-corrected chi connectivity index (χ2v) is 4.88. The molecule has 0 aliphatic carbocycles. The summed E-state index contributed by atoms with van der Waals surface area (Å²) in [6.07, 6.45) is 0. The van der Waals surface area contributed by atoms with Gasteiger partial charge in [0.1, 0.15) is 0 Å². The van der Waals surface area contributed by atoms with E-state index < -0.39 is 18.2 Å². The van der Waals surface area contributed by atoms with Gasteiger partial charge in [0.05, 0.1) is 0 Å². The molecule has 1 aromatic carbocycles. The Kier molecular flexibility index (Phi) is 9.13. The maximum Gasteiger partial charge on any atom is 0.618 e. The van der Waals surface area contributed by atoms with Gasteiger partial charge in [0.2, 0.25) is 0 Å². The average Bonchev–Trinajstić information content (AvgIpc) is 2.19. The van der Waals surface area contributed by atoms with Crippen LogP contribution in [-0.4, -0.2) is 25.2 Å². The molecular formula is C8H12Cl2MgN2. The monoisotopic (exact) mass is 230 g/mol. The Labute approximate surface area is 96.1 Å². The zero-order valence-corrected chi connectivity index (χ0v) is 10.5. The lowest BCUT2D eigenvalue weighted by Crippen LogP contribution is -1.96. The molecule has 0 unspecified atom stereocenters. The summed E-state index contributed by atoms with van der Waals surface area (Å²) in [6.45, 7) is 0.615. The van der Waals surface area contributed by atoms with Crippen molar-refractivity contribution in [3.8, 4) is 0 Å². The van der Waals surface area contributed by atoms with E-state index in [4.69, 9.17) is 23.9 Å². The average molecular weight is 231 g/mol. The van der Waals surface area contributed by atoms with Gasteiger partial charge < -0.3 is 29.2 Å². The molecule has 0 spiro atoms. The fraction of sp³-hybridized carbons (Fsp3) is 0.250. The standard InChI is InChI=1S/C8H12N2.2ClH.Mg/c1-10-8-4-2-7(6-9)3-5-8;;;/h2-5,10H,6,9H2,1H3;2*1H;/q;;;+2/p-2. The molecule has 0 fully saturated rings. The number of benzene rings is 1. The molecule has 0 atom stereocenters. The largest absolute Gasteiger partial charge is 0.618 e. The number of nitrogens with two attached hydrogens (primary N) is 1. The Morgan fingerprint density at radius 1 is 1.31 bits per heavy atom. The lowest BCUT2D eigenvalue weighted by atomic mass is 10.2. The molecule has 0 heterocycles. The fourth-order valence-corrected chi connectivity index (χ4v) is 0.807. The maximum atomic E-state index is 5.42. The summed E-state index contributed by atoms with van der Waals surface area (Å²) in [5.41, 5.74) is 7.71. The normalized spacial score (nSPS) is 8.00. The molecule has 0 bridgehead atoms. The first-order valence-corrected chi connectivity index (χ1v) is 8.14. The third-order valence-corrected chi connectivity index (χ3v) is 1.48. The SMILES string of the molecule is CNc1ccc(CN)cc1.[Cl][Mg][Cl]. The van der Waals surface area contributed by atoms with Crippen LogP contribution in [0.15, 0.2) is 24.3 Å². The summed E-state index contributed by atoms with van der Waals surface area (Å²) in [5.74, 6) is 0. The number of rotatable bonds is 2. The first kappa shape index (κ1) is 13.3. The summed E-state index contributed by atoms with van der Waals surface area (Å²) in [4.78, 5) is 0. The quantitative estimate of drug-likeness (QED) is 0.766. The summed E-state index contributed by atoms with van der Waals surface area (Å²) >= 11 is -0.639.